The van der Waals surface area contributed by atoms with Crippen molar-refractivity contribution >= 4 is 26.7 Å². The normalized spacial score (nSPS) is 16.1. The Morgan fingerprint density at radius 3 is 2.46 bits per heavy atom. The zero-order valence-corrected chi connectivity index (χ0v) is 16.5. The van der Waals surface area contributed by atoms with Crippen LogP contribution in [0.2, 0.25) is 0 Å². The van der Waals surface area contributed by atoms with Crippen LogP contribution in [0.5, 0.6) is 0 Å². The maximum Gasteiger partial charge on any atom is 0.416 e. The molecule has 1 aliphatic heterocycles. The van der Waals surface area contributed by atoms with Crippen molar-refractivity contribution in [3.63, 3.8) is 0 Å². The van der Waals surface area contributed by atoms with Gasteiger partial charge in [0.05, 0.1) is 15.8 Å². The minimum atomic E-state index is -4.32. The van der Waals surface area contributed by atoms with Gasteiger partial charge in [0.15, 0.2) is 5.13 Å². The predicted molar refractivity (Wildman–Crippen MR) is 108 cm³/mol. The first-order valence-electron chi connectivity index (χ1n) is 9.45. The van der Waals surface area contributed by atoms with E-state index in [-0.39, 0.29) is 0 Å². The summed E-state index contributed by atoms with van der Waals surface area (Å²) >= 11 is 1.34. The van der Waals surface area contributed by atoms with Crippen LogP contribution in [0.1, 0.15) is 23.6 Å². The lowest BCUT2D eigenvalue weighted by molar-refractivity contribution is -0.137. The topological polar surface area (TPSA) is 19.4 Å². The summed E-state index contributed by atoms with van der Waals surface area (Å²) < 4.78 is 39.3. The lowest BCUT2D eigenvalue weighted by Gasteiger charge is -2.34. The van der Waals surface area contributed by atoms with Crippen molar-refractivity contribution in [1.29, 1.82) is 0 Å². The van der Waals surface area contributed by atoms with Gasteiger partial charge in [-0.15, -0.1) is 0 Å². The number of thiazole rings is 1. The fourth-order valence-corrected chi connectivity index (χ4v) is 4.58. The number of halogens is 3. The minimum absolute atomic E-state index is 0.587. The average Bonchev–Trinajstić information content (AvgIpc) is 3.11. The van der Waals surface area contributed by atoms with Gasteiger partial charge in [-0.2, -0.15) is 13.2 Å². The summed E-state index contributed by atoms with van der Waals surface area (Å²) in [6.07, 6.45) is -3.28. The number of anilines is 1. The van der Waals surface area contributed by atoms with Crippen molar-refractivity contribution in [1.82, 2.24) is 9.88 Å². The molecule has 2 heterocycles. The molecule has 0 bridgehead atoms. The van der Waals surface area contributed by atoms with Crippen molar-refractivity contribution in [3.05, 3.63) is 59.2 Å². The van der Waals surface area contributed by atoms with E-state index in [1.807, 2.05) is 0 Å². The Kier molecular flexibility index (Phi) is 5.29. The van der Waals surface area contributed by atoms with Gasteiger partial charge in [0, 0.05) is 32.7 Å². The summed E-state index contributed by atoms with van der Waals surface area (Å²) in [7, 11) is 0. The molecule has 0 atom stereocenters. The molecule has 0 saturated carbocycles. The number of aromatic nitrogens is 1. The molecular formula is C21H22F3N3S. The predicted octanol–water partition coefficient (Wildman–Crippen LogP) is 5.20. The second-order valence-electron chi connectivity index (χ2n) is 7.11. The first-order chi connectivity index (χ1) is 13.4. The van der Waals surface area contributed by atoms with E-state index in [2.05, 4.69) is 46.0 Å². The second kappa shape index (κ2) is 7.72. The van der Waals surface area contributed by atoms with E-state index in [1.165, 1.54) is 34.6 Å². The van der Waals surface area contributed by atoms with Crippen molar-refractivity contribution in [2.75, 3.05) is 31.1 Å². The summed E-state index contributed by atoms with van der Waals surface area (Å²) in [5, 5.41) is 0.807. The summed E-state index contributed by atoms with van der Waals surface area (Å²) in [5.74, 6) is 0. The van der Waals surface area contributed by atoms with Crippen molar-refractivity contribution in [2.24, 2.45) is 0 Å². The number of aryl methyl sites for hydroxylation is 1. The third-order valence-electron chi connectivity index (χ3n) is 5.15. The highest BCUT2D eigenvalue weighted by Gasteiger charge is 2.31. The Labute approximate surface area is 166 Å². The highest BCUT2D eigenvalue weighted by molar-refractivity contribution is 7.22. The van der Waals surface area contributed by atoms with Gasteiger partial charge in [-0.3, -0.25) is 4.90 Å². The Morgan fingerprint density at radius 1 is 1.00 bits per heavy atom. The van der Waals surface area contributed by atoms with Gasteiger partial charge in [-0.1, -0.05) is 42.5 Å². The molecule has 2 aromatic carbocycles. The van der Waals surface area contributed by atoms with Crippen LogP contribution >= 0.6 is 11.3 Å². The van der Waals surface area contributed by atoms with Crippen molar-refractivity contribution < 1.29 is 13.2 Å². The molecule has 0 amide bonds. The fourth-order valence-electron chi connectivity index (χ4n) is 3.53. The monoisotopic (exact) mass is 405 g/mol. The van der Waals surface area contributed by atoms with E-state index in [0.29, 0.717) is 10.2 Å². The maximum atomic E-state index is 12.9. The minimum Gasteiger partial charge on any atom is -0.345 e. The maximum absolute atomic E-state index is 12.9. The van der Waals surface area contributed by atoms with Gasteiger partial charge in [-0.05, 0) is 35.7 Å². The summed E-state index contributed by atoms with van der Waals surface area (Å²) in [4.78, 5) is 9.14. The first-order valence-corrected chi connectivity index (χ1v) is 10.3. The van der Waals surface area contributed by atoms with Gasteiger partial charge in [0.25, 0.3) is 0 Å². The molecule has 1 saturated heterocycles. The SMILES string of the molecule is CCc1cccc(CN2CCN(c3nc4ccc(C(F)(F)F)cc4s3)CC2)c1. The van der Waals surface area contributed by atoms with E-state index >= 15 is 0 Å². The largest absolute Gasteiger partial charge is 0.416 e. The molecule has 3 nitrogen and oxygen atoms in total. The number of benzene rings is 2. The quantitative estimate of drug-likeness (QED) is 0.595. The molecule has 0 aliphatic carbocycles. The molecule has 148 valence electrons. The number of piperazine rings is 1. The average molecular weight is 405 g/mol. The summed E-state index contributed by atoms with van der Waals surface area (Å²) in [6.45, 7) is 6.59. The number of rotatable bonds is 4. The lowest BCUT2D eigenvalue weighted by atomic mass is 10.1. The third-order valence-corrected chi connectivity index (χ3v) is 6.23. The molecule has 1 aliphatic rings. The molecule has 28 heavy (non-hydrogen) atoms. The zero-order chi connectivity index (χ0) is 19.7. The van der Waals surface area contributed by atoms with Crippen LogP contribution in [0.15, 0.2) is 42.5 Å². The van der Waals surface area contributed by atoms with E-state index < -0.39 is 11.7 Å². The highest BCUT2D eigenvalue weighted by atomic mass is 32.1. The molecule has 1 aromatic heterocycles. The highest BCUT2D eigenvalue weighted by Crippen LogP contribution is 2.35. The molecule has 0 unspecified atom stereocenters. The zero-order valence-electron chi connectivity index (χ0n) is 15.7. The van der Waals surface area contributed by atoms with Crippen LogP contribution in [0, 0.1) is 0 Å². The fraction of sp³-hybridized carbons (Fsp3) is 0.381. The number of alkyl halides is 3. The Hall–Kier alpha value is -2.12. The molecule has 0 radical (unpaired) electrons. The molecule has 1 fully saturated rings. The summed E-state index contributed by atoms with van der Waals surface area (Å²) in [6, 6.07) is 12.5. The van der Waals surface area contributed by atoms with Gasteiger partial charge < -0.3 is 4.90 Å². The van der Waals surface area contributed by atoms with Crippen LogP contribution < -0.4 is 4.90 Å². The van der Waals surface area contributed by atoms with Crippen LogP contribution in [0.4, 0.5) is 18.3 Å². The van der Waals surface area contributed by atoms with Crippen molar-refractivity contribution in [3.8, 4) is 0 Å². The molecule has 0 N–H and O–H groups in total. The third kappa shape index (κ3) is 4.15. The first kappa shape index (κ1) is 19.2. The molecule has 3 aromatic rings. The Morgan fingerprint density at radius 2 is 1.75 bits per heavy atom. The van der Waals surface area contributed by atoms with E-state index in [4.69, 9.17) is 0 Å². The van der Waals surface area contributed by atoms with Gasteiger partial charge in [0.1, 0.15) is 0 Å². The number of nitrogens with zero attached hydrogens (tertiary/aromatic N) is 3. The lowest BCUT2D eigenvalue weighted by Crippen LogP contribution is -2.45. The number of fused-ring (bicyclic) bond motifs is 1. The summed E-state index contributed by atoms with van der Waals surface area (Å²) in [5.41, 5.74) is 2.69. The Balaban J connectivity index is 1.42. The molecular weight excluding hydrogens is 383 g/mol. The van der Waals surface area contributed by atoms with Gasteiger partial charge >= 0.3 is 6.18 Å². The van der Waals surface area contributed by atoms with Gasteiger partial charge in [0.2, 0.25) is 0 Å². The Bertz CT molecular complexity index is 959. The van der Waals surface area contributed by atoms with Crippen molar-refractivity contribution in [2.45, 2.75) is 26.1 Å². The smallest absolute Gasteiger partial charge is 0.345 e. The molecule has 4 rings (SSSR count). The standard InChI is InChI=1S/C21H22F3N3S/c1-2-15-4-3-5-16(12-15)14-26-8-10-27(11-9-26)20-25-18-7-6-17(21(22,23)24)13-19(18)28-20/h3-7,12-13H,2,8-11,14H2,1H3. The van der Waals surface area contributed by atoms with E-state index in [0.717, 1.165) is 50.3 Å². The molecule has 0 spiro atoms. The van der Waals surface area contributed by atoms with Crippen LogP contribution in [-0.4, -0.2) is 36.1 Å². The van der Waals surface area contributed by atoms with E-state index in [1.54, 1.807) is 0 Å². The van der Waals surface area contributed by atoms with E-state index in [9.17, 15) is 13.2 Å². The van der Waals surface area contributed by atoms with Gasteiger partial charge in [-0.25, -0.2) is 4.98 Å². The van der Waals surface area contributed by atoms with Crippen LogP contribution in [-0.2, 0) is 19.1 Å². The molecule has 7 heteroatoms. The number of hydrogen-bond donors (Lipinski definition) is 0. The van der Waals surface area contributed by atoms with Crippen LogP contribution in [0.25, 0.3) is 10.2 Å². The second-order valence-corrected chi connectivity index (χ2v) is 8.12. The van der Waals surface area contributed by atoms with Crippen LogP contribution in [0.3, 0.4) is 0 Å². The number of hydrogen-bond acceptors (Lipinski definition) is 4.